The summed E-state index contributed by atoms with van der Waals surface area (Å²) in [5.41, 5.74) is 1.05. The molecular formula is C20H21N3O3S. The second kappa shape index (κ2) is 8.18. The van der Waals surface area contributed by atoms with Gasteiger partial charge in [-0.05, 0) is 23.6 Å². The third-order valence-corrected chi connectivity index (χ3v) is 5.14. The molecule has 6 nitrogen and oxygen atoms in total. The SMILES string of the molecule is COC(=O)c1nc(NC(=O)[C@@H](C(C)C)n2cccc2)sc1-c1ccccc1. The van der Waals surface area contributed by atoms with Crippen LogP contribution in [0.4, 0.5) is 5.13 Å². The van der Waals surface area contributed by atoms with Crippen molar-refractivity contribution in [2.75, 3.05) is 12.4 Å². The molecule has 1 aromatic carbocycles. The Morgan fingerprint density at radius 1 is 1.11 bits per heavy atom. The van der Waals surface area contributed by atoms with Crippen LogP contribution in [0.2, 0.25) is 0 Å². The zero-order valence-electron chi connectivity index (χ0n) is 15.4. The van der Waals surface area contributed by atoms with Gasteiger partial charge < -0.3 is 14.6 Å². The first-order valence-electron chi connectivity index (χ1n) is 8.59. The molecule has 140 valence electrons. The highest BCUT2D eigenvalue weighted by Gasteiger charge is 2.26. The van der Waals surface area contributed by atoms with E-state index in [0.717, 1.165) is 5.56 Å². The summed E-state index contributed by atoms with van der Waals surface area (Å²) in [6.07, 6.45) is 3.72. The molecule has 0 radical (unpaired) electrons. The van der Waals surface area contributed by atoms with Crippen LogP contribution in [0, 0.1) is 5.92 Å². The van der Waals surface area contributed by atoms with Crippen LogP contribution in [0.3, 0.4) is 0 Å². The van der Waals surface area contributed by atoms with Gasteiger partial charge in [-0.2, -0.15) is 0 Å². The largest absolute Gasteiger partial charge is 0.464 e. The lowest BCUT2D eigenvalue weighted by molar-refractivity contribution is -0.120. The smallest absolute Gasteiger partial charge is 0.358 e. The highest BCUT2D eigenvalue weighted by Crippen LogP contribution is 2.34. The van der Waals surface area contributed by atoms with Crippen LogP contribution in [0.5, 0.6) is 0 Å². The number of rotatable bonds is 6. The van der Waals surface area contributed by atoms with E-state index in [-0.39, 0.29) is 23.6 Å². The van der Waals surface area contributed by atoms with Gasteiger partial charge in [-0.15, -0.1) is 0 Å². The maximum atomic E-state index is 12.9. The van der Waals surface area contributed by atoms with Gasteiger partial charge in [0, 0.05) is 12.4 Å². The van der Waals surface area contributed by atoms with E-state index >= 15 is 0 Å². The molecule has 3 rings (SSSR count). The van der Waals surface area contributed by atoms with Gasteiger partial charge in [0.15, 0.2) is 10.8 Å². The molecule has 0 aliphatic rings. The Bertz CT molecular complexity index is 917. The first-order chi connectivity index (χ1) is 13.0. The Morgan fingerprint density at radius 2 is 1.78 bits per heavy atom. The van der Waals surface area contributed by atoms with Crippen molar-refractivity contribution in [3.05, 3.63) is 60.6 Å². The number of hydrogen-bond donors (Lipinski definition) is 1. The highest BCUT2D eigenvalue weighted by atomic mass is 32.1. The van der Waals surface area contributed by atoms with E-state index in [1.165, 1.54) is 18.4 Å². The monoisotopic (exact) mass is 383 g/mol. The second-order valence-corrected chi connectivity index (χ2v) is 7.36. The van der Waals surface area contributed by atoms with Gasteiger partial charge in [-0.3, -0.25) is 4.79 Å². The Hall–Kier alpha value is -2.93. The number of esters is 1. The third kappa shape index (κ3) is 4.09. The number of thiazole rings is 1. The molecule has 0 fully saturated rings. The molecule has 1 amide bonds. The van der Waals surface area contributed by atoms with Gasteiger partial charge in [0.1, 0.15) is 6.04 Å². The molecule has 2 aromatic heterocycles. The van der Waals surface area contributed by atoms with E-state index in [4.69, 9.17) is 4.74 Å². The Morgan fingerprint density at radius 3 is 2.37 bits per heavy atom. The Balaban J connectivity index is 1.92. The number of carbonyl (C=O) groups excluding carboxylic acids is 2. The molecular weight excluding hydrogens is 362 g/mol. The number of methoxy groups -OCH3 is 1. The lowest BCUT2D eigenvalue weighted by atomic mass is 10.0. The zero-order valence-corrected chi connectivity index (χ0v) is 16.2. The summed E-state index contributed by atoms with van der Waals surface area (Å²) in [4.78, 5) is 30.0. The summed E-state index contributed by atoms with van der Waals surface area (Å²) in [6.45, 7) is 3.97. The minimum absolute atomic E-state index is 0.0889. The summed E-state index contributed by atoms with van der Waals surface area (Å²) in [5, 5.41) is 3.23. The Labute approximate surface area is 161 Å². The summed E-state index contributed by atoms with van der Waals surface area (Å²) in [6, 6.07) is 12.8. The first kappa shape index (κ1) is 18.8. The topological polar surface area (TPSA) is 73.2 Å². The normalized spacial score (nSPS) is 12.0. The van der Waals surface area contributed by atoms with Crippen molar-refractivity contribution in [2.45, 2.75) is 19.9 Å². The number of ether oxygens (including phenoxy) is 1. The van der Waals surface area contributed by atoms with Crippen molar-refractivity contribution in [2.24, 2.45) is 5.92 Å². The molecule has 0 aliphatic heterocycles. The van der Waals surface area contributed by atoms with Gasteiger partial charge >= 0.3 is 5.97 Å². The summed E-state index contributed by atoms with van der Waals surface area (Å²) < 4.78 is 6.72. The second-order valence-electron chi connectivity index (χ2n) is 6.36. The number of amides is 1. The minimum atomic E-state index is -0.531. The molecule has 27 heavy (non-hydrogen) atoms. The fourth-order valence-electron chi connectivity index (χ4n) is 2.89. The quantitative estimate of drug-likeness (QED) is 0.647. The molecule has 0 saturated carbocycles. The summed E-state index contributed by atoms with van der Waals surface area (Å²) >= 11 is 1.26. The number of nitrogens with one attached hydrogen (secondary N) is 1. The standard InChI is InChI=1S/C20H21N3O3S/c1-13(2)16(23-11-7-8-12-23)18(24)22-20-21-15(19(25)26-3)17(27-20)14-9-5-4-6-10-14/h4-13,16H,1-3H3,(H,21,22,24)/t16-/m1/s1. The molecule has 3 aromatic rings. The molecule has 0 aliphatic carbocycles. The molecule has 0 bridgehead atoms. The van der Waals surface area contributed by atoms with Crippen LogP contribution in [0.1, 0.15) is 30.4 Å². The van der Waals surface area contributed by atoms with E-state index in [9.17, 15) is 9.59 Å². The predicted octanol–water partition coefficient (Wildman–Crippen LogP) is 4.23. The number of anilines is 1. The van der Waals surface area contributed by atoms with Crippen molar-refractivity contribution in [3.8, 4) is 10.4 Å². The molecule has 1 N–H and O–H groups in total. The average molecular weight is 383 g/mol. The van der Waals surface area contributed by atoms with Crippen molar-refractivity contribution >= 4 is 28.3 Å². The fraction of sp³-hybridized carbons (Fsp3) is 0.250. The lowest BCUT2D eigenvalue weighted by Crippen LogP contribution is -2.29. The van der Waals surface area contributed by atoms with Gasteiger partial charge in [0.25, 0.3) is 0 Å². The maximum Gasteiger partial charge on any atom is 0.358 e. The van der Waals surface area contributed by atoms with Crippen molar-refractivity contribution < 1.29 is 14.3 Å². The van der Waals surface area contributed by atoms with Gasteiger partial charge in [-0.1, -0.05) is 55.5 Å². The van der Waals surface area contributed by atoms with Gasteiger partial charge in [0.2, 0.25) is 5.91 Å². The van der Waals surface area contributed by atoms with E-state index in [0.29, 0.717) is 10.0 Å². The molecule has 1 atom stereocenters. The lowest BCUT2D eigenvalue weighted by Gasteiger charge is -2.21. The van der Waals surface area contributed by atoms with Crippen LogP contribution < -0.4 is 5.32 Å². The van der Waals surface area contributed by atoms with Crippen LogP contribution in [-0.2, 0) is 9.53 Å². The fourth-order valence-corrected chi connectivity index (χ4v) is 3.85. The molecule has 2 heterocycles. The van der Waals surface area contributed by atoms with Crippen molar-refractivity contribution in [3.63, 3.8) is 0 Å². The maximum absolute atomic E-state index is 12.9. The number of carbonyl (C=O) groups is 2. The first-order valence-corrected chi connectivity index (χ1v) is 9.40. The highest BCUT2D eigenvalue weighted by molar-refractivity contribution is 7.19. The van der Waals surface area contributed by atoms with E-state index < -0.39 is 5.97 Å². The predicted molar refractivity (Wildman–Crippen MR) is 106 cm³/mol. The molecule has 0 saturated heterocycles. The number of benzene rings is 1. The third-order valence-electron chi connectivity index (χ3n) is 4.12. The summed E-state index contributed by atoms with van der Waals surface area (Å²) in [5.74, 6) is -0.617. The van der Waals surface area contributed by atoms with Crippen LogP contribution in [-0.4, -0.2) is 28.5 Å². The summed E-state index contributed by atoms with van der Waals surface area (Å²) in [7, 11) is 1.32. The van der Waals surface area contributed by atoms with E-state index in [1.54, 1.807) is 0 Å². The van der Waals surface area contributed by atoms with Crippen LogP contribution in [0.25, 0.3) is 10.4 Å². The molecule has 0 unspecified atom stereocenters. The molecule has 7 heteroatoms. The van der Waals surface area contributed by atoms with E-state index in [2.05, 4.69) is 10.3 Å². The van der Waals surface area contributed by atoms with Crippen LogP contribution >= 0.6 is 11.3 Å². The number of hydrogen-bond acceptors (Lipinski definition) is 5. The van der Waals surface area contributed by atoms with Crippen molar-refractivity contribution in [1.29, 1.82) is 0 Å². The van der Waals surface area contributed by atoms with E-state index in [1.807, 2.05) is 73.3 Å². The average Bonchev–Trinajstić information content (AvgIpc) is 3.32. The van der Waals surface area contributed by atoms with Gasteiger partial charge in [-0.25, -0.2) is 9.78 Å². The number of nitrogens with zero attached hydrogens (tertiary/aromatic N) is 2. The van der Waals surface area contributed by atoms with Crippen molar-refractivity contribution in [1.82, 2.24) is 9.55 Å². The molecule has 0 spiro atoms. The zero-order chi connectivity index (χ0) is 19.4. The minimum Gasteiger partial charge on any atom is -0.464 e. The van der Waals surface area contributed by atoms with Crippen LogP contribution in [0.15, 0.2) is 54.9 Å². The number of aromatic nitrogens is 2. The Kier molecular flexibility index (Phi) is 5.71. The van der Waals surface area contributed by atoms with Gasteiger partial charge in [0.05, 0.1) is 12.0 Å².